The lowest BCUT2D eigenvalue weighted by Crippen LogP contribution is -2.32. The summed E-state index contributed by atoms with van der Waals surface area (Å²) in [4.78, 5) is 24.4. The van der Waals surface area contributed by atoms with E-state index in [1.165, 1.54) is 0 Å². The number of nitrogens with one attached hydrogen (secondary N) is 2. The number of carbonyl (C=O) groups excluding carboxylic acids is 2. The molecule has 2 rings (SSSR count). The molecule has 2 aromatic rings. The minimum atomic E-state index is -0.242. The lowest BCUT2D eigenvalue weighted by Gasteiger charge is -2.12. The predicted octanol–water partition coefficient (Wildman–Crippen LogP) is 3.80. The average molecular weight is 345 g/mol. The van der Waals surface area contributed by atoms with E-state index in [-0.39, 0.29) is 17.9 Å². The molecule has 0 aliphatic rings. The van der Waals surface area contributed by atoms with Crippen LogP contribution in [-0.4, -0.2) is 17.9 Å². The molecule has 1 unspecified atom stereocenters. The van der Waals surface area contributed by atoms with Gasteiger partial charge in [0.15, 0.2) is 0 Å². The van der Waals surface area contributed by atoms with Crippen LogP contribution in [0.1, 0.15) is 46.5 Å². The van der Waals surface area contributed by atoms with E-state index >= 15 is 0 Å². The van der Waals surface area contributed by atoms with Gasteiger partial charge in [-0.05, 0) is 43.2 Å². The van der Waals surface area contributed by atoms with Crippen molar-refractivity contribution in [3.05, 3.63) is 70.2 Å². The summed E-state index contributed by atoms with van der Waals surface area (Å²) in [6, 6.07) is 14.1. The predicted molar refractivity (Wildman–Crippen MR) is 96.3 cm³/mol. The van der Waals surface area contributed by atoms with Gasteiger partial charge in [-0.2, -0.15) is 0 Å². The third-order valence-corrected chi connectivity index (χ3v) is 4.14. The number of carbonyl (C=O) groups is 2. The maximum Gasteiger partial charge on any atom is 0.251 e. The Hall–Kier alpha value is -2.33. The molecular weight excluding hydrogens is 324 g/mol. The molecular formula is C19H21ClN2O2. The number of halogens is 1. The van der Waals surface area contributed by atoms with E-state index in [1.807, 2.05) is 32.0 Å². The Labute approximate surface area is 147 Å². The highest BCUT2D eigenvalue weighted by Gasteiger charge is 2.12. The van der Waals surface area contributed by atoms with Crippen LogP contribution in [0.3, 0.4) is 0 Å². The Morgan fingerprint density at radius 2 is 1.71 bits per heavy atom. The first-order chi connectivity index (χ1) is 11.5. The highest BCUT2D eigenvalue weighted by atomic mass is 35.5. The van der Waals surface area contributed by atoms with Gasteiger partial charge in [0.2, 0.25) is 0 Å². The van der Waals surface area contributed by atoms with E-state index in [2.05, 4.69) is 10.6 Å². The molecule has 1 atom stereocenters. The molecule has 2 aromatic carbocycles. The van der Waals surface area contributed by atoms with Gasteiger partial charge in [-0.1, -0.05) is 42.8 Å². The van der Waals surface area contributed by atoms with Crippen molar-refractivity contribution in [2.45, 2.75) is 32.9 Å². The summed E-state index contributed by atoms with van der Waals surface area (Å²) < 4.78 is 0. The summed E-state index contributed by atoms with van der Waals surface area (Å²) in [5.41, 5.74) is 1.76. The maximum atomic E-state index is 12.3. The quantitative estimate of drug-likeness (QED) is 0.837. The van der Waals surface area contributed by atoms with Crippen molar-refractivity contribution in [2.24, 2.45) is 0 Å². The monoisotopic (exact) mass is 344 g/mol. The van der Waals surface area contributed by atoms with Crippen LogP contribution < -0.4 is 10.6 Å². The lowest BCUT2D eigenvalue weighted by atomic mass is 10.1. The molecule has 0 spiro atoms. The van der Waals surface area contributed by atoms with Crippen LogP contribution in [0.15, 0.2) is 48.5 Å². The van der Waals surface area contributed by atoms with Gasteiger partial charge in [0, 0.05) is 28.7 Å². The van der Waals surface area contributed by atoms with E-state index < -0.39 is 0 Å². The topological polar surface area (TPSA) is 58.2 Å². The van der Waals surface area contributed by atoms with Gasteiger partial charge in [-0.25, -0.2) is 0 Å². The molecule has 5 heteroatoms. The molecule has 2 amide bonds. The molecule has 0 fully saturated rings. The number of benzene rings is 2. The van der Waals surface area contributed by atoms with Crippen LogP contribution in [-0.2, 0) is 6.54 Å². The molecule has 0 saturated heterocycles. The summed E-state index contributed by atoms with van der Waals surface area (Å²) in [6.07, 6.45) is 0.851. The summed E-state index contributed by atoms with van der Waals surface area (Å²) in [5.74, 6) is -0.418. The molecule has 24 heavy (non-hydrogen) atoms. The maximum absolute atomic E-state index is 12.3. The molecule has 126 valence electrons. The fourth-order valence-electron chi connectivity index (χ4n) is 2.13. The number of amides is 2. The summed E-state index contributed by atoms with van der Waals surface area (Å²) in [6.45, 7) is 4.28. The van der Waals surface area contributed by atoms with Gasteiger partial charge in [0.1, 0.15) is 0 Å². The smallest absolute Gasteiger partial charge is 0.251 e. The van der Waals surface area contributed by atoms with Crippen molar-refractivity contribution in [1.82, 2.24) is 10.6 Å². The molecule has 0 bridgehead atoms. The fourth-order valence-corrected chi connectivity index (χ4v) is 2.33. The standard InChI is InChI=1S/C19H21ClN2O2/c1-3-13(2)22-19(24)15-9-6-8-14(11-15)18(23)21-12-16-7-4-5-10-17(16)20/h4-11,13H,3,12H2,1-2H3,(H,21,23)(H,22,24). The van der Waals surface area contributed by atoms with Gasteiger partial charge in [0.05, 0.1) is 0 Å². The van der Waals surface area contributed by atoms with Crippen LogP contribution in [0.5, 0.6) is 0 Å². The molecule has 0 saturated carbocycles. The van der Waals surface area contributed by atoms with Gasteiger partial charge in [0.25, 0.3) is 11.8 Å². The van der Waals surface area contributed by atoms with Gasteiger partial charge < -0.3 is 10.6 Å². The Morgan fingerprint density at radius 1 is 1.04 bits per heavy atom. The zero-order valence-corrected chi connectivity index (χ0v) is 14.6. The summed E-state index contributed by atoms with van der Waals surface area (Å²) in [7, 11) is 0. The van der Waals surface area contributed by atoms with Crippen LogP contribution >= 0.6 is 11.6 Å². The first kappa shape index (κ1) is 18.0. The zero-order valence-electron chi connectivity index (χ0n) is 13.8. The molecule has 0 heterocycles. The minimum Gasteiger partial charge on any atom is -0.350 e. The molecule has 2 N–H and O–H groups in total. The largest absolute Gasteiger partial charge is 0.350 e. The van der Waals surface area contributed by atoms with Gasteiger partial charge in [-0.3, -0.25) is 9.59 Å². The average Bonchev–Trinajstić information content (AvgIpc) is 2.60. The van der Waals surface area contributed by atoms with Crippen molar-refractivity contribution in [1.29, 1.82) is 0 Å². The van der Waals surface area contributed by atoms with Crippen molar-refractivity contribution in [2.75, 3.05) is 0 Å². The second kappa shape index (κ2) is 8.50. The van der Waals surface area contributed by atoms with Crippen molar-refractivity contribution >= 4 is 23.4 Å². The third kappa shape index (κ3) is 4.83. The van der Waals surface area contributed by atoms with Crippen molar-refractivity contribution < 1.29 is 9.59 Å². The molecule has 0 aliphatic heterocycles. The first-order valence-corrected chi connectivity index (χ1v) is 8.31. The molecule has 0 aliphatic carbocycles. The van der Waals surface area contributed by atoms with E-state index in [0.29, 0.717) is 22.7 Å². The van der Waals surface area contributed by atoms with Crippen LogP contribution in [0.2, 0.25) is 5.02 Å². The zero-order chi connectivity index (χ0) is 17.5. The molecule has 0 radical (unpaired) electrons. The minimum absolute atomic E-state index is 0.0928. The highest BCUT2D eigenvalue weighted by molar-refractivity contribution is 6.31. The summed E-state index contributed by atoms with van der Waals surface area (Å²) >= 11 is 6.08. The number of hydrogen-bond donors (Lipinski definition) is 2. The second-order valence-electron chi connectivity index (χ2n) is 5.64. The second-order valence-corrected chi connectivity index (χ2v) is 6.04. The van der Waals surface area contributed by atoms with E-state index in [4.69, 9.17) is 11.6 Å². The normalized spacial score (nSPS) is 11.6. The number of hydrogen-bond acceptors (Lipinski definition) is 2. The Morgan fingerprint density at radius 3 is 2.38 bits per heavy atom. The van der Waals surface area contributed by atoms with Crippen molar-refractivity contribution in [3.8, 4) is 0 Å². The van der Waals surface area contributed by atoms with Crippen LogP contribution in [0, 0.1) is 0 Å². The SMILES string of the molecule is CCC(C)NC(=O)c1cccc(C(=O)NCc2ccccc2Cl)c1. The Kier molecular flexibility index (Phi) is 6.38. The lowest BCUT2D eigenvalue weighted by molar-refractivity contribution is 0.0939. The van der Waals surface area contributed by atoms with Crippen LogP contribution in [0.25, 0.3) is 0 Å². The van der Waals surface area contributed by atoms with E-state index in [0.717, 1.165) is 12.0 Å². The molecule has 4 nitrogen and oxygen atoms in total. The molecule has 0 aromatic heterocycles. The first-order valence-electron chi connectivity index (χ1n) is 7.93. The van der Waals surface area contributed by atoms with Crippen LogP contribution in [0.4, 0.5) is 0 Å². The van der Waals surface area contributed by atoms with Crippen molar-refractivity contribution in [3.63, 3.8) is 0 Å². The van der Waals surface area contributed by atoms with E-state index in [9.17, 15) is 9.59 Å². The van der Waals surface area contributed by atoms with Gasteiger partial charge in [-0.15, -0.1) is 0 Å². The highest BCUT2D eigenvalue weighted by Crippen LogP contribution is 2.14. The van der Waals surface area contributed by atoms with E-state index in [1.54, 1.807) is 30.3 Å². The Bertz CT molecular complexity index is 731. The third-order valence-electron chi connectivity index (χ3n) is 3.77. The summed E-state index contributed by atoms with van der Waals surface area (Å²) in [5, 5.41) is 6.32. The Balaban J connectivity index is 2.03. The van der Waals surface area contributed by atoms with Gasteiger partial charge >= 0.3 is 0 Å². The number of rotatable bonds is 6. The fraction of sp³-hybridized carbons (Fsp3) is 0.263.